The fourth-order valence-corrected chi connectivity index (χ4v) is 4.62. The average molecular weight is 325 g/mol. The van der Waals surface area contributed by atoms with Gasteiger partial charge >= 0.3 is 0 Å². The number of pyridine rings is 1. The van der Waals surface area contributed by atoms with Crippen LogP contribution in [0.15, 0.2) is 10.7 Å². The molecule has 2 fully saturated rings. The molecule has 92 valence electrons. The van der Waals surface area contributed by atoms with Crippen molar-refractivity contribution >= 4 is 33.3 Å². The Balaban J connectivity index is 1.81. The Bertz CT molecular complexity index is 597. The second kappa shape index (κ2) is 3.40. The first kappa shape index (κ1) is 11.1. The van der Waals surface area contributed by atoms with E-state index in [1.165, 1.54) is 5.56 Å². The lowest BCUT2D eigenvalue weighted by atomic mass is 9.79. The van der Waals surface area contributed by atoms with Gasteiger partial charge in [-0.1, -0.05) is 11.6 Å². The monoisotopic (exact) mass is 323 g/mol. The van der Waals surface area contributed by atoms with E-state index in [4.69, 9.17) is 16.9 Å². The van der Waals surface area contributed by atoms with Crippen LogP contribution in [0.5, 0.6) is 0 Å². The third-order valence-corrected chi connectivity index (χ3v) is 6.09. The minimum absolute atomic E-state index is 0.163. The summed E-state index contributed by atoms with van der Waals surface area (Å²) in [6.07, 6.45) is 4.79. The van der Waals surface area contributed by atoms with Crippen LogP contribution in [0.4, 0.5) is 5.82 Å². The fraction of sp³-hybridized carbons (Fsp3) is 0.538. The molecule has 3 aliphatic rings. The normalized spacial score (nSPS) is 39.1. The number of hydrogen-bond acceptors (Lipinski definition) is 3. The number of nitrogens with one attached hydrogen (secondary N) is 1. The van der Waals surface area contributed by atoms with Gasteiger partial charge in [-0.15, -0.1) is 0 Å². The van der Waals surface area contributed by atoms with Gasteiger partial charge in [0.1, 0.15) is 5.82 Å². The molecule has 1 aliphatic heterocycles. The molecule has 2 unspecified atom stereocenters. The van der Waals surface area contributed by atoms with Crippen molar-refractivity contribution in [3.8, 4) is 6.07 Å². The van der Waals surface area contributed by atoms with E-state index in [0.29, 0.717) is 12.0 Å². The summed E-state index contributed by atoms with van der Waals surface area (Å²) in [6, 6.07) is 2.86. The second-order valence-corrected chi connectivity index (χ2v) is 6.75. The van der Waals surface area contributed by atoms with Gasteiger partial charge in [0.05, 0.1) is 15.6 Å². The largest absolute Gasteiger partial charge is 0.366 e. The van der Waals surface area contributed by atoms with E-state index >= 15 is 0 Å². The van der Waals surface area contributed by atoms with E-state index in [0.717, 1.165) is 34.6 Å². The molecule has 3 nitrogen and oxygen atoms in total. The van der Waals surface area contributed by atoms with Crippen LogP contribution in [0.1, 0.15) is 24.8 Å². The number of hydrogen-bond donors (Lipinski definition) is 1. The summed E-state index contributed by atoms with van der Waals surface area (Å²) in [5.41, 5.74) is 1.35. The third-order valence-electron chi connectivity index (χ3n) is 4.87. The van der Waals surface area contributed by atoms with E-state index in [1.54, 1.807) is 6.20 Å². The molecule has 1 spiro atoms. The van der Waals surface area contributed by atoms with E-state index < -0.39 is 0 Å². The molecule has 2 aliphatic carbocycles. The van der Waals surface area contributed by atoms with Crippen LogP contribution in [0.3, 0.4) is 0 Å². The number of anilines is 1. The first-order valence-corrected chi connectivity index (χ1v) is 7.36. The third kappa shape index (κ3) is 1.13. The maximum absolute atomic E-state index is 9.07. The molecule has 2 heterocycles. The number of nitrogens with zero attached hydrogens (tertiary/aromatic N) is 2. The Labute approximate surface area is 119 Å². The lowest BCUT2D eigenvalue weighted by Crippen LogP contribution is -2.19. The highest BCUT2D eigenvalue weighted by Gasteiger charge is 2.71. The first-order chi connectivity index (χ1) is 8.68. The molecule has 1 aromatic heterocycles. The standard InChI is InChI=1S/C13H11BrClN3/c14-8-5-17-12-9(10(8)15)13-2-1-6(4-16)3-7(13)11(13)18-12/h5-7,11H,1-3H2,(H,17,18)/t6-,7?,11?,13+/m1/s1. The number of rotatable bonds is 0. The summed E-state index contributed by atoms with van der Waals surface area (Å²) in [7, 11) is 0. The van der Waals surface area contributed by atoms with E-state index in [1.807, 2.05) is 0 Å². The van der Waals surface area contributed by atoms with E-state index in [2.05, 4.69) is 32.3 Å². The van der Waals surface area contributed by atoms with Gasteiger partial charge in [-0.3, -0.25) is 0 Å². The predicted octanol–water partition coefficient (Wildman–Crippen LogP) is 3.48. The maximum atomic E-state index is 9.07. The van der Waals surface area contributed by atoms with Gasteiger partial charge in [-0.05, 0) is 41.1 Å². The van der Waals surface area contributed by atoms with Crippen molar-refractivity contribution in [1.29, 1.82) is 5.26 Å². The molecular weight excluding hydrogens is 314 g/mol. The number of nitriles is 1. The van der Waals surface area contributed by atoms with Crippen molar-refractivity contribution in [2.75, 3.05) is 5.32 Å². The van der Waals surface area contributed by atoms with Crippen molar-refractivity contribution in [3.63, 3.8) is 0 Å². The summed E-state index contributed by atoms with van der Waals surface area (Å²) >= 11 is 9.91. The first-order valence-electron chi connectivity index (χ1n) is 6.19. The maximum Gasteiger partial charge on any atom is 0.131 e. The lowest BCUT2D eigenvalue weighted by Gasteiger charge is -2.25. The van der Waals surface area contributed by atoms with Gasteiger partial charge in [0.2, 0.25) is 0 Å². The Morgan fingerprint density at radius 2 is 2.44 bits per heavy atom. The van der Waals surface area contributed by atoms with Crippen LogP contribution in [-0.2, 0) is 5.41 Å². The molecule has 2 saturated carbocycles. The van der Waals surface area contributed by atoms with Crippen LogP contribution in [0, 0.1) is 23.2 Å². The molecule has 4 rings (SSSR count). The zero-order valence-corrected chi connectivity index (χ0v) is 11.9. The highest BCUT2D eigenvalue weighted by atomic mass is 79.9. The van der Waals surface area contributed by atoms with Crippen molar-refractivity contribution in [2.24, 2.45) is 11.8 Å². The molecule has 4 atom stereocenters. The van der Waals surface area contributed by atoms with Crippen molar-refractivity contribution in [3.05, 3.63) is 21.3 Å². The molecule has 1 aromatic rings. The Morgan fingerprint density at radius 3 is 3.22 bits per heavy atom. The molecular formula is C13H11BrClN3. The van der Waals surface area contributed by atoms with Crippen LogP contribution in [0.25, 0.3) is 0 Å². The summed E-state index contributed by atoms with van der Waals surface area (Å²) in [5, 5.41) is 13.4. The quantitative estimate of drug-likeness (QED) is 0.795. The Kier molecular flexibility index (Phi) is 2.09. The van der Waals surface area contributed by atoms with Gasteiger partial charge in [-0.2, -0.15) is 5.26 Å². The zero-order chi connectivity index (χ0) is 12.5. The van der Waals surface area contributed by atoms with Gasteiger partial charge in [0.15, 0.2) is 0 Å². The Morgan fingerprint density at radius 1 is 1.61 bits per heavy atom. The highest BCUT2D eigenvalue weighted by Crippen LogP contribution is 2.70. The second-order valence-electron chi connectivity index (χ2n) is 5.51. The molecule has 1 N–H and O–H groups in total. The van der Waals surface area contributed by atoms with Crippen LogP contribution in [-0.4, -0.2) is 11.0 Å². The topological polar surface area (TPSA) is 48.7 Å². The van der Waals surface area contributed by atoms with Crippen LogP contribution < -0.4 is 5.32 Å². The minimum atomic E-state index is 0.163. The molecule has 18 heavy (non-hydrogen) atoms. The van der Waals surface area contributed by atoms with Gasteiger partial charge in [0.25, 0.3) is 0 Å². The van der Waals surface area contributed by atoms with Crippen molar-refractivity contribution in [2.45, 2.75) is 30.7 Å². The molecule has 0 radical (unpaired) electrons. The van der Waals surface area contributed by atoms with Gasteiger partial charge in [0, 0.05) is 29.1 Å². The molecule has 0 amide bonds. The number of fused-ring (bicyclic) bond motifs is 2. The summed E-state index contributed by atoms with van der Waals surface area (Å²) in [4.78, 5) is 4.42. The smallest absolute Gasteiger partial charge is 0.131 e. The highest BCUT2D eigenvalue weighted by molar-refractivity contribution is 9.10. The number of aromatic nitrogens is 1. The summed E-state index contributed by atoms with van der Waals surface area (Å²) in [5.74, 6) is 1.73. The molecule has 0 bridgehead atoms. The summed E-state index contributed by atoms with van der Waals surface area (Å²) < 4.78 is 0.868. The van der Waals surface area contributed by atoms with Gasteiger partial charge < -0.3 is 5.32 Å². The van der Waals surface area contributed by atoms with E-state index in [9.17, 15) is 0 Å². The zero-order valence-electron chi connectivity index (χ0n) is 9.58. The SMILES string of the molecule is N#C[C@@H]1CC[C@]23c4c(ncc(Br)c4Cl)NC2C3C1. The number of halogens is 2. The van der Waals surface area contributed by atoms with Crippen molar-refractivity contribution < 1.29 is 0 Å². The van der Waals surface area contributed by atoms with Gasteiger partial charge in [-0.25, -0.2) is 4.98 Å². The minimum Gasteiger partial charge on any atom is -0.366 e. The van der Waals surface area contributed by atoms with E-state index in [-0.39, 0.29) is 11.3 Å². The molecule has 0 saturated heterocycles. The predicted molar refractivity (Wildman–Crippen MR) is 72.5 cm³/mol. The Hall–Kier alpha value is -0.790. The molecule has 5 heteroatoms. The fourth-order valence-electron chi connectivity index (χ4n) is 4.00. The molecule has 0 aromatic carbocycles. The summed E-state index contributed by atoms with van der Waals surface area (Å²) in [6.45, 7) is 0. The average Bonchev–Trinajstić information content (AvgIpc) is 2.89. The van der Waals surface area contributed by atoms with Crippen molar-refractivity contribution in [1.82, 2.24) is 4.98 Å². The lowest BCUT2D eigenvalue weighted by molar-refractivity contribution is 0.371. The van der Waals surface area contributed by atoms with Crippen LogP contribution in [0.2, 0.25) is 5.02 Å². The van der Waals surface area contributed by atoms with Crippen LogP contribution >= 0.6 is 27.5 Å².